The van der Waals surface area contributed by atoms with E-state index in [1.54, 1.807) is 4.57 Å². The average Bonchev–Trinajstić information content (AvgIpc) is 3.43. The fraction of sp³-hybridized carbons (Fsp3) is 0.143. The van der Waals surface area contributed by atoms with Crippen LogP contribution in [0.4, 0.5) is 5.82 Å². The Morgan fingerprint density at radius 1 is 0.972 bits per heavy atom. The van der Waals surface area contributed by atoms with Crippen LogP contribution >= 0.6 is 12.2 Å². The van der Waals surface area contributed by atoms with Gasteiger partial charge in [0.15, 0.2) is 10.6 Å². The van der Waals surface area contributed by atoms with Crippen LogP contribution in [0.2, 0.25) is 0 Å². The van der Waals surface area contributed by atoms with Gasteiger partial charge in [-0.3, -0.25) is 14.5 Å². The largest absolute Gasteiger partial charge is 0.309 e. The summed E-state index contributed by atoms with van der Waals surface area (Å²) < 4.78 is 3.92. The highest BCUT2D eigenvalue weighted by atomic mass is 32.1. The maximum absolute atomic E-state index is 13.2. The van der Waals surface area contributed by atoms with Crippen molar-refractivity contribution >= 4 is 23.9 Å². The zero-order valence-electron chi connectivity index (χ0n) is 20.1. The number of amides is 1. The monoisotopic (exact) mass is 494 g/mol. The van der Waals surface area contributed by atoms with Crippen LogP contribution in [0.1, 0.15) is 16.7 Å². The van der Waals surface area contributed by atoms with Gasteiger partial charge >= 0.3 is 0 Å². The van der Waals surface area contributed by atoms with Crippen LogP contribution in [0.15, 0.2) is 84.9 Å². The first-order chi connectivity index (χ1) is 17.5. The molecule has 1 amide bonds. The summed E-state index contributed by atoms with van der Waals surface area (Å²) in [5.74, 6) is 1.02. The van der Waals surface area contributed by atoms with Gasteiger partial charge in [-0.25, -0.2) is 4.68 Å². The lowest BCUT2D eigenvalue weighted by atomic mass is 10.1. The van der Waals surface area contributed by atoms with Crippen molar-refractivity contribution in [3.05, 3.63) is 106 Å². The Balaban J connectivity index is 1.44. The number of anilines is 1. The predicted octanol–water partition coefficient (Wildman–Crippen LogP) is 5.78. The van der Waals surface area contributed by atoms with Crippen LogP contribution in [-0.4, -0.2) is 30.5 Å². The Morgan fingerprint density at radius 2 is 1.69 bits per heavy atom. The number of aryl methyl sites for hydroxylation is 2. The lowest BCUT2D eigenvalue weighted by Gasteiger charge is -2.11. The van der Waals surface area contributed by atoms with Crippen molar-refractivity contribution in [3.8, 4) is 22.6 Å². The number of carbonyl (C=O) groups is 1. The first-order valence-corrected chi connectivity index (χ1v) is 12.1. The zero-order valence-corrected chi connectivity index (χ0v) is 20.9. The van der Waals surface area contributed by atoms with E-state index in [-0.39, 0.29) is 12.5 Å². The first kappa shape index (κ1) is 23.4. The molecule has 0 atom stereocenters. The molecule has 0 saturated heterocycles. The lowest BCUT2D eigenvalue weighted by Crippen LogP contribution is -2.21. The van der Waals surface area contributed by atoms with E-state index < -0.39 is 0 Å². The maximum Gasteiger partial charge on any atom is 0.245 e. The first-order valence-electron chi connectivity index (χ1n) is 11.7. The second-order valence-electron chi connectivity index (χ2n) is 8.73. The van der Waals surface area contributed by atoms with Gasteiger partial charge < -0.3 is 5.32 Å². The second-order valence-corrected chi connectivity index (χ2v) is 9.11. The van der Waals surface area contributed by atoms with Gasteiger partial charge in [-0.15, -0.1) is 0 Å². The summed E-state index contributed by atoms with van der Waals surface area (Å²) in [6, 6.07) is 28.0. The minimum absolute atomic E-state index is 0.0226. The number of nitrogens with zero attached hydrogens (tertiary/aromatic N) is 4. The van der Waals surface area contributed by atoms with E-state index in [9.17, 15) is 4.79 Å². The standard InChI is InChI=1S/C28H26N6OS/c1-19-12-14-22(15-13-19)27-30-31-28(36)33(27)18-26(35)29-25-16-24(23-11-7-6-8-20(23)2)32-34(25)17-21-9-4-3-5-10-21/h3-16H,17-18H2,1-2H3,(H,29,35)(H,31,36). The summed E-state index contributed by atoms with van der Waals surface area (Å²) in [5.41, 5.74) is 6.07. The lowest BCUT2D eigenvalue weighted by molar-refractivity contribution is -0.116. The van der Waals surface area contributed by atoms with Crippen LogP contribution in [0.25, 0.3) is 22.6 Å². The molecule has 0 aliphatic rings. The third-order valence-electron chi connectivity index (χ3n) is 6.01. The number of H-pyrrole nitrogens is 1. The fourth-order valence-corrected chi connectivity index (χ4v) is 4.30. The van der Waals surface area contributed by atoms with Crippen molar-refractivity contribution in [3.63, 3.8) is 0 Å². The van der Waals surface area contributed by atoms with Crippen molar-refractivity contribution in [2.24, 2.45) is 0 Å². The maximum atomic E-state index is 13.2. The van der Waals surface area contributed by atoms with Crippen molar-refractivity contribution < 1.29 is 4.79 Å². The van der Waals surface area contributed by atoms with Crippen molar-refractivity contribution in [1.82, 2.24) is 24.5 Å². The molecule has 0 aliphatic carbocycles. The van der Waals surface area contributed by atoms with Gasteiger partial charge in [0, 0.05) is 17.2 Å². The molecule has 0 bridgehead atoms. The van der Waals surface area contributed by atoms with Crippen molar-refractivity contribution in [2.75, 3.05) is 5.32 Å². The van der Waals surface area contributed by atoms with E-state index in [0.29, 0.717) is 23.0 Å². The highest BCUT2D eigenvalue weighted by Gasteiger charge is 2.17. The minimum atomic E-state index is -0.216. The Bertz CT molecular complexity index is 1560. The predicted molar refractivity (Wildman–Crippen MR) is 144 cm³/mol. The summed E-state index contributed by atoms with van der Waals surface area (Å²) in [7, 11) is 0. The van der Waals surface area contributed by atoms with Gasteiger partial charge in [0.25, 0.3) is 0 Å². The molecular formula is C28H26N6OS. The summed E-state index contributed by atoms with van der Waals surface area (Å²) in [4.78, 5) is 13.2. The van der Waals surface area contributed by atoms with Gasteiger partial charge in [0.05, 0.1) is 12.2 Å². The summed E-state index contributed by atoms with van der Waals surface area (Å²) >= 11 is 5.42. The van der Waals surface area contributed by atoms with E-state index in [4.69, 9.17) is 17.3 Å². The number of hydrogen-bond acceptors (Lipinski definition) is 4. The zero-order chi connectivity index (χ0) is 25.1. The molecule has 3 aromatic carbocycles. The molecule has 2 N–H and O–H groups in total. The molecule has 0 spiro atoms. The molecule has 0 fully saturated rings. The summed E-state index contributed by atoms with van der Waals surface area (Å²) in [6.07, 6.45) is 0. The number of aromatic nitrogens is 5. The fourth-order valence-electron chi connectivity index (χ4n) is 4.10. The Labute approximate surface area is 214 Å². The molecule has 5 rings (SSSR count). The van der Waals surface area contributed by atoms with Gasteiger partial charge in [-0.05, 0) is 37.2 Å². The molecule has 5 aromatic rings. The molecule has 8 heteroatoms. The molecule has 0 saturated carbocycles. The number of hydrogen-bond donors (Lipinski definition) is 2. The van der Waals surface area contributed by atoms with Crippen LogP contribution < -0.4 is 5.32 Å². The van der Waals surface area contributed by atoms with Gasteiger partial charge in [0.1, 0.15) is 12.4 Å². The number of carbonyl (C=O) groups excluding carboxylic acids is 1. The second kappa shape index (κ2) is 10.1. The Morgan fingerprint density at radius 3 is 2.44 bits per heavy atom. The van der Waals surface area contributed by atoms with E-state index in [1.807, 2.05) is 90.5 Å². The summed E-state index contributed by atoms with van der Waals surface area (Å²) in [5, 5.41) is 15.0. The van der Waals surface area contributed by atoms with Crippen LogP contribution in [0.3, 0.4) is 0 Å². The number of benzene rings is 3. The number of nitrogens with one attached hydrogen (secondary N) is 2. The topological polar surface area (TPSA) is 80.5 Å². The Kier molecular flexibility index (Phi) is 6.60. The third-order valence-corrected chi connectivity index (χ3v) is 6.33. The molecular weight excluding hydrogens is 468 g/mol. The van der Waals surface area contributed by atoms with Crippen molar-refractivity contribution in [2.45, 2.75) is 26.9 Å². The third kappa shape index (κ3) is 5.04. The highest BCUT2D eigenvalue weighted by Crippen LogP contribution is 2.26. The highest BCUT2D eigenvalue weighted by molar-refractivity contribution is 7.71. The number of aromatic amines is 1. The molecule has 2 heterocycles. The quantitative estimate of drug-likeness (QED) is 0.281. The Hall–Kier alpha value is -4.30. The number of rotatable bonds is 7. The average molecular weight is 495 g/mol. The molecule has 36 heavy (non-hydrogen) atoms. The molecule has 7 nitrogen and oxygen atoms in total. The van der Waals surface area contributed by atoms with E-state index >= 15 is 0 Å². The van der Waals surface area contributed by atoms with Gasteiger partial charge in [-0.1, -0.05) is 84.4 Å². The molecule has 0 radical (unpaired) electrons. The van der Waals surface area contributed by atoms with Crippen LogP contribution in [0, 0.1) is 18.6 Å². The molecule has 2 aromatic heterocycles. The van der Waals surface area contributed by atoms with E-state index in [0.717, 1.165) is 33.5 Å². The molecule has 180 valence electrons. The van der Waals surface area contributed by atoms with Crippen LogP contribution in [0.5, 0.6) is 0 Å². The van der Waals surface area contributed by atoms with E-state index in [1.165, 1.54) is 0 Å². The van der Waals surface area contributed by atoms with Gasteiger partial charge in [-0.2, -0.15) is 10.2 Å². The van der Waals surface area contributed by atoms with E-state index in [2.05, 4.69) is 28.5 Å². The smallest absolute Gasteiger partial charge is 0.245 e. The summed E-state index contributed by atoms with van der Waals surface area (Å²) in [6.45, 7) is 4.63. The molecule has 0 aliphatic heterocycles. The molecule has 0 unspecified atom stereocenters. The normalized spacial score (nSPS) is 10.9. The minimum Gasteiger partial charge on any atom is -0.309 e. The van der Waals surface area contributed by atoms with Gasteiger partial charge in [0.2, 0.25) is 5.91 Å². The van der Waals surface area contributed by atoms with Crippen LogP contribution in [-0.2, 0) is 17.9 Å². The SMILES string of the molecule is Cc1ccc(-c2n[nH]c(=S)n2CC(=O)Nc2cc(-c3ccccc3C)nn2Cc2ccccc2)cc1. The van der Waals surface area contributed by atoms with Crippen molar-refractivity contribution in [1.29, 1.82) is 0 Å².